The normalized spacial score (nSPS) is 10.1. The standard InChI is InChI=1S/C17H15Cl2NO4/c1-11-5-6-15(14(19)7-11)20-16(21)9-24-17(22)10-23-13-4-2-3-12(18)8-13/h2-8H,9-10H2,1H3,(H,20,21). The molecule has 1 amide bonds. The van der Waals surface area contributed by atoms with Gasteiger partial charge in [0.25, 0.3) is 5.91 Å². The molecule has 0 aromatic heterocycles. The lowest BCUT2D eigenvalue weighted by molar-refractivity contribution is -0.149. The van der Waals surface area contributed by atoms with Crippen molar-refractivity contribution in [3.05, 3.63) is 58.1 Å². The van der Waals surface area contributed by atoms with Crippen LogP contribution in [0.3, 0.4) is 0 Å². The number of hydrogen-bond donors (Lipinski definition) is 1. The third-order valence-corrected chi connectivity index (χ3v) is 3.46. The summed E-state index contributed by atoms with van der Waals surface area (Å²) < 4.78 is 10.1. The highest BCUT2D eigenvalue weighted by Gasteiger charge is 2.10. The van der Waals surface area contributed by atoms with Crippen LogP contribution < -0.4 is 10.1 Å². The molecule has 2 aromatic rings. The second-order valence-electron chi connectivity index (χ2n) is 4.94. The average molecular weight is 368 g/mol. The van der Waals surface area contributed by atoms with Gasteiger partial charge in [-0.25, -0.2) is 4.79 Å². The third-order valence-electron chi connectivity index (χ3n) is 2.92. The quantitative estimate of drug-likeness (QED) is 0.787. The molecule has 0 aliphatic carbocycles. The van der Waals surface area contributed by atoms with Crippen LogP contribution >= 0.6 is 23.2 Å². The van der Waals surface area contributed by atoms with E-state index in [1.165, 1.54) is 0 Å². The van der Waals surface area contributed by atoms with Gasteiger partial charge in [0, 0.05) is 5.02 Å². The minimum Gasteiger partial charge on any atom is -0.482 e. The van der Waals surface area contributed by atoms with Crippen LogP contribution in [0.4, 0.5) is 5.69 Å². The average Bonchev–Trinajstić information content (AvgIpc) is 2.54. The van der Waals surface area contributed by atoms with E-state index in [0.717, 1.165) is 5.56 Å². The van der Waals surface area contributed by atoms with Gasteiger partial charge >= 0.3 is 5.97 Å². The summed E-state index contributed by atoms with van der Waals surface area (Å²) in [6.45, 7) is 1.14. The summed E-state index contributed by atoms with van der Waals surface area (Å²) in [6.07, 6.45) is 0. The van der Waals surface area contributed by atoms with Crippen molar-refractivity contribution in [2.24, 2.45) is 0 Å². The molecule has 2 rings (SSSR count). The Hall–Kier alpha value is -2.24. The highest BCUT2D eigenvalue weighted by Crippen LogP contribution is 2.22. The molecule has 1 N–H and O–H groups in total. The van der Waals surface area contributed by atoms with Gasteiger partial charge in [-0.15, -0.1) is 0 Å². The van der Waals surface area contributed by atoms with Gasteiger partial charge in [-0.1, -0.05) is 35.3 Å². The van der Waals surface area contributed by atoms with Crippen molar-refractivity contribution in [3.8, 4) is 5.75 Å². The van der Waals surface area contributed by atoms with Crippen LogP contribution in [0.2, 0.25) is 10.0 Å². The van der Waals surface area contributed by atoms with Crippen molar-refractivity contribution in [3.63, 3.8) is 0 Å². The maximum absolute atomic E-state index is 11.8. The molecule has 126 valence electrons. The van der Waals surface area contributed by atoms with Crippen molar-refractivity contribution in [1.29, 1.82) is 0 Å². The fourth-order valence-corrected chi connectivity index (χ4v) is 2.26. The lowest BCUT2D eigenvalue weighted by Crippen LogP contribution is -2.23. The van der Waals surface area contributed by atoms with Gasteiger partial charge in [-0.3, -0.25) is 4.79 Å². The van der Waals surface area contributed by atoms with Gasteiger partial charge in [-0.2, -0.15) is 0 Å². The predicted molar refractivity (Wildman–Crippen MR) is 92.7 cm³/mol. The van der Waals surface area contributed by atoms with E-state index in [4.69, 9.17) is 32.7 Å². The Morgan fingerprint density at radius 3 is 2.58 bits per heavy atom. The molecule has 0 bridgehead atoms. The molecular formula is C17H15Cl2NO4. The Morgan fingerprint density at radius 1 is 1.08 bits per heavy atom. The van der Waals surface area contributed by atoms with Crippen molar-refractivity contribution >= 4 is 40.8 Å². The topological polar surface area (TPSA) is 64.6 Å². The first-order chi connectivity index (χ1) is 11.4. The van der Waals surface area contributed by atoms with E-state index >= 15 is 0 Å². The summed E-state index contributed by atoms with van der Waals surface area (Å²) in [5, 5.41) is 3.48. The van der Waals surface area contributed by atoms with E-state index in [1.54, 1.807) is 36.4 Å². The number of esters is 1. The van der Waals surface area contributed by atoms with Gasteiger partial charge < -0.3 is 14.8 Å². The number of benzene rings is 2. The van der Waals surface area contributed by atoms with Crippen LogP contribution in [0, 0.1) is 6.92 Å². The zero-order valence-corrected chi connectivity index (χ0v) is 14.4. The minimum absolute atomic E-state index is 0.321. The van der Waals surface area contributed by atoms with Gasteiger partial charge in [-0.05, 0) is 42.8 Å². The minimum atomic E-state index is -0.667. The molecule has 5 nitrogen and oxygen atoms in total. The summed E-state index contributed by atoms with van der Waals surface area (Å²) in [4.78, 5) is 23.4. The number of ether oxygens (including phenoxy) is 2. The number of carbonyl (C=O) groups is 2. The zero-order chi connectivity index (χ0) is 17.5. The number of anilines is 1. The van der Waals surface area contributed by atoms with E-state index in [-0.39, 0.29) is 6.61 Å². The first kappa shape index (κ1) is 18.1. The van der Waals surface area contributed by atoms with Gasteiger partial charge in [0.1, 0.15) is 5.75 Å². The van der Waals surface area contributed by atoms with Gasteiger partial charge in [0.2, 0.25) is 0 Å². The molecule has 0 saturated heterocycles. The monoisotopic (exact) mass is 367 g/mol. The number of carbonyl (C=O) groups excluding carboxylic acids is 2. The van der Waals surface area contributed by atoms with Gasteiger partial charge in [0.15, 0.2) is 13.2 Å². The fourth-order valence-electron chi connectivity index (χ4n) is 1.79. The van der Waals surface area contributed by atoms with Crippen LogP contribution in [0.1, 0.15) is 5.56 Å². The largest absolute Gasteiger partial charge is 0.482 e. The first-order valence-corrected chi connectivity index (χ1v) is 7.79. The highest BCUT2D eigenvalue weighted by molar-refractivity contribution is 6.33. The molecule has 2 aromatic carbocycles. The molecule has 7 heteroatoms. The van der Waals surface area contributed by atoms with Crippen molar-refractivity contribution in [2.75, 3.05) is 18.5 Å². The Bertz CT molecular complexity index is 749. The summed E-state index contributed by atoms with van der Waals surface area (Å²) >= 11 is 11.8. The molecule has 0 unspecified atom stereocenters. The predicted octanol–water partition coefficient (Wildman–Crippen LogP) is 3.86. The maximum atomic E-state index is 11.8. The second-order valence-corrected chi connectivity index (χ2v) is 5.78. The van der Waals surface area contributed by atoms with Crippen molar-refractivity contribution < 1.29 is 19.1 Å². The number of halogens is 2. The number of nitrogens with one attached hydrogen (secondary N) is 1. The highest BCUT2D eigenvalue weighted by atomic mass is 35.5. The molecule has 0 fully saturated rings. The van der Waals surface area contributed by atoms with E-state index in [2.05, 4.69) is 5.32 Å². The lowest BCUT2D eigenvalue weighted by Gasteiger charge is -2.09. The van der Waals surface area contributed by atoms with E-state index < -0.39 is 18.5 Å². The number of rotatable bonds is 6. The fraction of sp³-hybridized carbons (Fsp3) is 0.176. The zero-order valence-electron chi connectivity index (χ0n) is 12.8. The molecule has 0 saturated carbocycles. The molecule has 0 heterocycles. The number of hydrogen-bond acceptors (Lipinski definition) is 4. The summed E-state index contributed by atoms with van der Waals surface area (Å²) in [5.41, 5.74) is 1.43. The maximum Gasteiger partial charge on any atom is 0.344 e. The first-order valence-electron chi connectivity index (χ1n) is 7.04. The third kappa shape index (κ3) is 5.76. The second kappa shape index (κ2) is 8.57. The van der Waals surface area contributed by atoms with Crippen molar-refractivity contribution in [2.45, 2.75) is 6.92 Å². The van der Waals surface area contributed by atoms with Crippen LogP contribution in [0.5, 0.6) is 5.75 Å². The molecule has 24 heavy (non-hydrogen) atoms. The lowest BCUT2D eigenvalue weighted by atomic mass is 10.2. The SMILES string of the molecule is Cc1ccc(NC(=O)COC(=O)COc2cccc(Cl)c2)c(Cl)c1. The summed E-state index contributed by atoms with van der Waals surface area (Å²) in [6, 6.07) is 11.8. The summed E-state index contributed by atoms with van der Waals surface area (Å²) in [7, 11) is 0. The van der Waals surface area contributed by atoms with Crippen LogP contribution in [0.25, 0.3) is 0 Å². The smallest absolute Gasteiger partial charge is 0.344 e. The van der Waals surface area contributed by atoms with E-state index in [1.807, 2.05) is 13.0 Å². The Balaban J connectivity index is 1.75. The Kier molecular flexibility index (Phi) is 6.46. The molecule has 0 atom stereocenters. The van der Waals surface area contributed by atoms with Crippen LogP contribution in [-0.4, -0.2) is 25.1 Å². The Labute approximate surface area is 149 Å². The molecule has 0 spiro atoms. The summed E-state index contributed by atoms with van der Waals surface area (Å²) in [5.74, 6) is -0.715. The Morgan fingerprint density at radius 2 is 1.88 bits per heavy atom. The molecule has 0 radical (unpaired) electrons. The number of aryl methyl sites for hydroxylation is 1. The van der Waals surface area contributed by atoms with E-state index in [0.29, 0.717) is 21.5 Å². The van der Waals surface area contributed by atoms with E-state index in [9.17, 15) is 9.59 Å². The van der Waals surface area contributed by atoms with Gasteiger partial charge in [0.05, 0.1) is 10.7 Å². The molecule has 0 aliphatic heterocycles. The number of amides is 1. The molecule has 0 aliphatic rings. The van der Waals surface area contributed by atoms with Crippen LogP contribution in [-0.2, 0) is 14.3 Å². The van der Waals surface area contributed by atoms with Crippen molar-refractivity contribution in [1.82, 2.24) is 0 Å². The molecular weight excluding hydrogens is 353 g/mol. The van der Waals surface area contributed by atoms with Crippen LogP contribution in [0.15, 0.2) is 42.5 Å².